The van der Waals surface area contributed by atoms with Crippen molar-refractivity contribution in [3.63, 3.8) is 0 Å². The third kappa shape index (κ3) is 8.90. The molecule has 0 fully saturated rings. The number of aromatic nitrogens is 2. The van der Waals surface area contributed by atoms with E-state index in [9.17, 15) is 4.79 Å². The lowest BCUT2D eigenvalue weighted by Crippen LogP contribution is -2.43. The third-order valence-electron chi connectivity index (χ3n) is 9.48. The van der Waals surface area contributed by atoms with E-state index in [0.29, 0.717) is 17.2 Å². The minimum absolute atomic E-state index is 0.106. The molecule has 7 nitrogen and oxygen atoms in total. The van der Waals surface area contributed by atoms with Crippen LogP contribution in [0, 0.1) is 0 Å². The monoisotopic (exact) mass is 668 g/mol. The third-order valence-corrected chi connectivity index (χ3v) is 18.2. The summed E-state index contributed by atoms with van der Waals surface area (Å²) in [7, 11) is 0.110. The Morgan fingerprint density at radius 1 is 0.723 bits per heavy atom. The molecular weight excluding hydrogens is 617 g/mol. The molecule has 0 unspecified atom stereocenters. The number of benzene rings is 3. The smallest absolute Gasteiger partial charge is 0.250 e. The summed E-state index contributed by atoms with van der Waals surface area (Å²) in [6.45, 7) is 22.3. The van der Waals surface area contributed by atoms with Gasteiger partial charge in [0.2, 0.25) is 22.5 Å². The summed E-state index contributed by atoms with van der Waals surface area (Å²) < 4.78 is 12.9. The first-order valence-corrected chi connectivity index (χ1v) is 22.1. The summed E-state index contributed by atoms with van der Waals surface area (Å²) in [5, 5.41) is 3.25. The highest BCUT2D eigenvalue weighted by molar-refractivity contribution is 6.75. The van der Waals surface area contributed by atoms with Gasteiger partial charge >= 0.3 is 0 Å². The second-order valence-corrected chi connectivity index (χ2v) is 25.0. The van der Waals surface area contributed by atoms with Crippen LogP contribution in [0.2, 0.25) is 36.3 Å². The SMILES string of the molecule is CN(C)c1ccc(-c2nc(-c3ccc(O[Si](C)(C)C(C)(C)C)cc3)cnc2NC(=O)Cc2ccc(O[Si](C)(C)C(C)(C)C)cc2)cc1. The molecule has 250 valence electrons. The predicted octanol–water partition coefficient (Wildman–Crippen LogP) is 9.83. The number of anilines is 2. The molecule has 9 heteroatoms. The van der Waals surface area contributed by atoms with Gasteiger partial charge < -0.3 is 19.1 Å². The average molecular weight is 669 g/mol. The number of nitrogens with one attached hydrogen (secondary N) is 1. The highest BCUT2D eigenvalue weighted by atomic mass is 28.4. The first-order chi connectivity index (χ1) is 21.8. The maximum atomic E-state index is 13.3. The summed E-state index contributed by atoms with van der Waals surface area (Å²) in [6, 6.07) is 24.0. The largest absolute Gasteiger partial charge is 0.544 e. The number of hydrogen-bond donors (Lipinski definition) is 1. The summed E-state index contributed by atoms with van der Waals surface area (Å²) in [5.74, 6) is 1.96. The molecule has 4 aromatic rings. The van der Waals surface area contributed by atoms with Gasteiger partial charge in [0, 0.05) is 30.9 Å². The number of carbonyl (C=O) groups excluding carboxylic acids is 1. The van der Waals surface area contributed by atoms with Crippen LogP contribution in [-0.2, 0) is 11.2 Å². The van der Waals surface area contributed by atoms with Crippen molar-refractivity contribution in [1.82, 2.24) is 9.97 Å². The van der Waals surface area contributed by atoms with Gasteiger partial charge in [-0.1, -0.05) is 65.8 Å². The van der Waals surface area contributed by atoms with E-state index in [4.69, 9.17) is 18.8 Å². The van der Waals surface area contributed by atoms with Crippen molar-refractivity contribution in [3.8, 4) is 34.0 Å². The second kappa shape index (κ2) is 13.6. The van der Waals surface area contributed by atoms with E-state index in [1.165, 1.54) is 0 Å². The minimum atomic E-state index is -1.96. The van der Waals surface area contributed by atoms with Crippen molar-refractivity contribution < 1.29 is 13.6 Å². The standard InChI is InChI=1S/C38H52N4O3Si2/c1-37(2,3)46(9,10)44-31-21-13-27(14-22-31)25-34(43)41-36-35(29-15-19-30(20-16-29)42(7)8)40-33(26-39-36)28-17-23-32(24-18-28)45-47(11,12)38(4,5)6/h13-24,26H,25H2,1-12H3,(H,39,41,43). The number of hydrogen-bond acceptors (Lipinski definition) is 6. The normalized spacial score (nSPS) is 12.4. The van der Waals surface area contributed by atoms with Crippen LogP contribution in [-0.4, -0.2) is 46.6 Å². The maximum Gasteiger partial charge on any atom is 0.250 e. The van der Waals surface area contributed by atoms with E-state index < -0.39 is 16.6 Å². The predicted molar refractivity (Wildman–Crippen MR) is 202 cm³/mol. The van der Waals surface area contributed by atoms with Crippen LogP contribution in [0.3, 0.4) is 0 Å². The number of rotatable bonds is 10. The Morgan fingerprint density at radius 3 is 1.66 bits per heavy atom. The van der Waals surface area contributed by atoms with E-state index in [-0.39, 0.29) is 22.4 Å². The van der Waals surface area contributed by atoms with Crippen molar-refractivity contribution in [3.05, 3.63) is 84.6 Å². The summed E-state index contributed by atoms with van der Waals surface area (Å²) >= 11 is 0. The molecule has 0 bridgehead atoms. The van der Waals surface area contributed by atoms with Gasteiger partial charge in [-0.05, 0) is 90.4 Å². The maximum absolute atomic E-state index is 13.3. The lowest BCUT2D eigenvalue weighted by atomic mass is 10.1. The fourth-order valence-corrected chi connectivity index (χ4v) is 6.43. The molecule has 1 N–H and O–H groups in total. The molecule has 4 rings (SSSR count). The van der Waals surface area contributed by atoms with Crippen LogP contribution in [0.5, 0.6) is 11.5 Å². The molecule has 0 aliphatic rings. The Morgan fingerprint density at radius 2 is 1.19 bits per heavy atom. The topological polar surface area (TPSA) is 76.6 Å². The van der Waals surface area contributed by atoms with Gasteiger partial charge in [-0.25, -0.2) is 9.97 Å². The van der Waals surface area contributed by atoms with E-state index in [1.54, 1.807) is 6.20 Å². The van der Waals surface area contributed by atoms with Crippen LogP contribution in [0.1, 0.15) is 47.1 Å². The molecule has 0 radical (unpaired) electrons. The van der Waals surface area contributed by atoms with Crippen LogP contribution in [0.25, 0.3) is 22.5 Å². The fraction of sp³-hybridized carbons (Fsp3) is 0.395. The molecule has 0 saturated heterocycles. The van der Waals surface area contributed by atoms with E-state index in [1.807, 2.05) is 91.8 Å². The van der Waals surface area contributed by atoms with Gasteiger partial charge in [0.25, 0.3) is 0 Å². The quantitative estimate of drug-likeness (QED) is 0.170. The zero-order chi connectivity index (χ0) is 34.8. The summed E-state index contributed by atoms with van der Waals surface area (Å²) in [5.41, 5.74) is 5.08. The minimum Gasteiger partial charge on any atom is -0.544 e. The van der Waals surface area contributed by atoms with E-state index >= 15 is 0 Å². The Labute approximate surface area is 284 Å². The molecule has 1 aromatic heterocycles. The molecule has 0 aliphatic carbocycles. The number of carbonyl (C=O) groups is 1. The van der Waals surface area contributed by atoms with Gasteiger partial charge in [-0.2, -0.15) is 0 Å². The van der Waals surface area contributed by atoms with Gasteiger partial charge in [0.15, 0.2) is 5.82 Å². The van der Waals surface area contributed by atoms with Crippen LogP contribution >= 0.6 is 0 Å². The zero-order valence-corrected chi connectivity index (χ0v) is 32.3. The molecule has 0 aliphatic heterocycles. The van der Waals surface area contributed by atoms with Gasteiger partial charge in [0.1, 0.15) is 17.2 Å². The van der Waals surface area contributed by atoms with Crippen molar-refractivity contribution in [2.45, 2.75) is 84.2 Å². The van der Waals surface area contributed by atoms with Gasteiger partial charge in [-0.15, -0.1) is 0 Å². The first kappa shape index (κ1) is 35.9. The highest BCUT2D eigenvalue weighted by Crippen LogP contribution is 2.39. The Bertz CT molecular complexity index is 1670. The van der Waals surface area contributed by atoms with Crippen molar-refractivity contribution in [2.75, 3.05) is 24.3 Å². The van der Waals surface area contributed by atoms with E-state index in [2.05, 4.69) is 73.0 Å². The molecule has 0 atom stereocenters. The molecule has 0 saturated carbocycles. The van der Waals surface area contributed by atoms with Crippen LogP contribution in [0.4, 0.5) is 11.5 Å². The lowest BCUT2D eigenvalue weighted by molar-refractivity contribution is -0.115. The lowest BCUT2D eigenvalue weighted by Gasteiger charge is -2.36. The molecule has 1 heterocycles. The Kier molecular flexibility index (Phi) is 10.4. The first-order valence-electron chi connectivity index (χ1n) is 16.3. The average Bonchev–Trinajstić information content (AvgIpc) is 2.97. The summed E-state index contributed by atoms with van der Waals surface area (Å²) in [4.78, 5) is 25.1. The molecule has 0 spiro atoms. The number of nitrogens with zero attached hydrogens (tertiary/aromatic N) is 3. The Balaban J connectivity index is 1.57. The van der Waals surface area contributed by atoms with Crippen LogP contribution in [0.15, 0.2) is 79.0 Å². The van der Waals surface area contributed by atoms with Gasteiger partial charge in [0.05, 0.1) is 18.3 Å². The van der Waals surface area contributed by atoms with Crippen LogP contribution < -0.4 is 19.1 Å². The highest BCUT2D eigenvalue weighted by Gasteiger charge is 2.39. The molecule has 1 amide bonds. The van der Waals surface area contributed by atoms with Gasteiger partial charge in [-0.3, -0.25) is 4.79 Å². The Hall–Kier alpha value is -3.96. The summed E-state index contributed by atoms with van der Waals surface area (Å²) in [6.07, 6.45) is 1.92. The zero-order valence-electron chi connectivity index (χ0n) is 30.3. The second-order valence-electron chi connectivity index (χ2n) is 15.5. The number of amides is 1. The van der Waals surface area contributed by atoms with E-state index in [0.717, 1.165) is 33.9 Å². The fourth-order valence-electron chi connectivity index (χ4n) is 4.36. The van der Waals surface area contributed by atoms with Crippen molar-refractivity contribution in [1.29, 1.82) is 0 Å². The molecule has 47 heavy (non-hydrogen) atoms. The van der Waals surface area contributed by atoms with Crippen molar-refractivity contribution >= 4 is 34.0 Å². The molecule has 3 aromatic carbocycles. The molecular formula is C38H52N4O3Si2. The van der Waals surface area contributed by atoms with Crippen molar-refractivity contribution in [2.24, 2.45) is 0 Å².